The third-order valence-corrected chi connectivity index (χ3v) is 3.02. The molecule has 1 atom stereocenters. The van der Waals surface area contributed by atoms with E-state index in [1.54, 1.807) is 0 Å². The molecule has 1 fully saturated rings. The van der Waals surface area contributed by atoms with Gasteiger partial charge in [-0.25, -0.2) is 0 Å². The maximum atomic E-state index is 12.0. The first kappa shape index (κ1) is 14.8. The first-order valence-corrected chi connectivity index (χ1v) is 7.12. The van der Waals surface area contributed by atoms with Crippen LogP contribution in [0.1, 0.15) is 19.8 Å². The van der Waals surface area contributed by atoms with Gasteiger partial charge in [0.05, 0.1) is 19.8 Å². The molecule has 1 saturated heterocycles. The number of carbonyl (C=O) groups excluding carboxylic acids is 1. The Kier molecular flexibility index (Phi) is 5.83. The normalized spacial score (nSPS) is 18.6. The zero-order valence-corrected chi connectivity index (χ0v) is 11.9. The quantitative estimate of drug-likeness (QED) is 0.833. The number of nitrogens with one attached hydrogen (secondary N) is 2. The SMILES string of the molecule is CCCOc1cccc(NC(=O)CC2COCCN2)c1. The van der Waals surface area contributed by atoms with Gasteiger partial charge in [-0.15, -0.1) is 0 Å². The predicted octanol–water partition coefficient (Wildman–Crippen LogP) is 1.79. The summed E-state index contributed by atoms with van der Waals surface area (Å²) in [7, 11) is 0. The molecule has 0 spiro atoms. The van der Waals surface area contributed by atoms with Crippen LogP contribution in [0.25, 0.3) is 0 Å². The summed E-state index contributed by atoms with van der Waals surface area (Å²) in [5.41, 5.74) is 0.764. The molecule has 1 heterocycles. The summed E-state index contributed by atoms with van der Waals surface area (Å²) in [5, 5.41) is 6.16. The summed E-state index contributed by atoms with van der Waals surface area (Å²) in [5.74, 6) is 0.768. The van der Waals surface area contributed by atoms with E-state index < -0.39 is 0 Å². The van der Waals surface area contributed by atoms with Crippen LogP contribution in [0.3, 0.4) is 0 Å². The number of amides is 1. The van der Waals surface area contributed by atoms with Gasteiger partial charge >= 0.3 is 0 Å². The molecule has 1 aliphatic rings. The van der Waals surface area contributed by atoms with E-state index in [1.807, 2.05) is 24.3 Å². The molecule has 1 aromatic rings. The molecule has 0 aromatic heterocycles. The fourth-order valence-corrected chi connectivity index (χ4v) is 2.07. The van der Waals surface area contributed by atoms with Crippen molar-refractivity contribution in [3.63, 3.8) is 0 Å². The van der Waals surface area contributed by atoms with E-state index in [-0.39, 0.29) is 11.9 Å². The Morgan fingerprint density at radius 2 is 2.45 bits per heavy atom. The van der Waals surface area contributed by atoms with Crippen molar-refractivity contribution in [2.45, 2.75) is 25.8 Å². The number of hydrogen-bond donors (Lipinski definition) is 2. The number of carbonyl (C=O) groups is 1. The first-order chi connectivity index (χ1) is 9.78. The second-order valence-electron chi connectivity index (χ2n) is 4.85. The van der Waals surface area contributed by atoms with Crippen molar-refractivity contribution in [3.8, 4) is 5.75 Å². The smallest absolute Gasteiger partial charge is 0.226 e. The zero-order chi connectivity index (χ0) is 14.2. The van der Waals surface area contributed by atoms with Gasteiger partial charge in [0, 0.05) is 30.8 Å². The molecule has 0 saturated carbocycles. The molecular formula is C15H22N2O3. The lowest BCUT2D eigenvalue weighted by Gasteiger charge is -2.23. The molecule has 0 aliphatic carbocycles. The molecule has 1 amide bonds. The molecule has 1 aromatic carbocycles. The predicted molar refractivity (Wildman–Crippen MR) is 78.1 cm³/mol. The van der Waals surface area contributed by atoms with E-state index in [4.69, 9.17) is 9.47 Å². The van der Waals surface area contributed by atoms with Crippen LogP contribution in [-0.2, 0) is 9.53 Å². The van der Waals surface area contributed by atoms with Crippen LogP contribution in [0.5, 0.6) is 5.75 Å². The van der Waals surface area contributed by atoms with Gasteiger partial charge in [0.1, 0.15) is 5.75 Å². The summed E-state index contributed by atoms with van der Waals surface area (Å²) in [6.07, 6.45) is 1.38. The van der Waals surface area contributed by atoms with Gasteiger partial charge in [-0.2, -0.15) is 0 Å². The van der Waals surface area contributed by atoms with E-state index in [2.05, 4.69) is 17.6 Å². The van der Waals surface area contributed by atoms with Gasteiger partial charge in [-0.05, 0) is 18.6 Å². The van der Waals surface area contributed by atoms with E-state index in [0.717, 1.165) is 31.0 Å². The van der Waals surface area contributed by atoms with E-state index in [9.17, 15) is 4.79 Å². The highest BCUT2D eigenvalue weighted by Gasteiger charge is 2.16. The lowest BCUT2D eigenvalue weighted by molar-refractivity contribution is -0.117. The average molecular weight is 278 g/mol. The molecule has 20 heavy (non-hydrogen) atoms. The summed E-state index contributed by atoms with van der Waals surface area (Å²) in [6.45, 7) is 4.85. The van der Waals surface area contributed by atoms with E-state index in [0.29, 0.717) is 19.6 Å². The van der Waals surface area contributed by atoms with Crippen LogP contribution in [0.2, 0.25) is 0 Å². The highest BCUT2D eigenvalue weighted by Crippen LogP contribution is 2.18. The van der Waals surface area contributed by atoms with E-state index >= 15 is 0 Å². The number of hydrogen-bond acceptors (Lipinski definition) is 4. The Labute approximate surface area is 119 Å². The fourth-order valence-electron chi connectivity index (χ4n) is 2.07. The largest absolute Gasteiger partial charge is 0.494 e. The van der Waals surface area contributed by atoms with Crippen molar-refractivity contribution in [1.29, 1.82) is 0 Å². The number of ether oxygens (including phenoxy) is 2. The van der Waals surface area contributed by atoms with Gasteiger partial charge in [0.2, 0.25) is 5.91 Å². The van der Waals surface area contributed by atoms with Gasteiger partial charge in [-0.1, -0.05) is 13.0 Å². The third-order valence-electron chi connectivity index (χ3n) is 3.02. The molecule has 2 rings (SSSR count). The van der Waals surface area contributed by atoms with Crippen molar-refractivity contribution in [3.05, 3.63) is 24.3 Å². The second-order valence-corrected chi connectivity index (χ2v) is 4.85. The molecule has 110 valence electrons. The van der Waals surface area contributed by atoms with Crippen LogP contribution >= 0.6 is 0 Å². The Morgan fingerprint density at radius 1 is 1.55 bits per heavy atom. The topological polar surface area (TPSA) is 59.6 Å². The van der Waals surface area contributed by atoms with Crippen molar-refractivity contribution in [2.75, 3.05) is 31.7 Å². The molecule has 5 nitrogen and oxygen atoms in total. The van der Waals surface area contributed by atoms with Gasteiger partial charge in [-0.3, -0.25) is 4.79 Å². The molecule has 0 radical (unpaired) electrons. The van der Waals surface area contributed by atoms with Crippen LogP contribution in [-0.4, -0.2) is 38.3 Å². The van der Waals surface area contributed by atoms with Crippen molar-refractivity contribution in [2.24, 2.45) is 0 Å². The second kappa shape index (κ2) is 7.87. The van der Waals surface area contributed by atoms with Crippen LogP contribution in [0, 0.1) is 0 Å². The minimum absolute atomic E-state index is 0.0133. The van der Waals surface area contributed by atoms with Crippen molar-refractivity contribution in [1.82, 2.24) is 5.32 Å². The maximum Gasteiger partial charge on any atom is 0.226 e. The third kappa shape index (κ3) is 4.83. The summed E-state index contributed by atoms with van der Waals surface area (Å²) in [4.78, 5) is 12.0. The Hall–Kier alpha value is -1.59. The highest BCUT2D eigenvalue weighted by molar-refractivity contribution is 5.91. The minimum Gasteiger partial charge on any atom is -0.494 e. The average Bonchev–Trinajstić information content (AvgIpc) is 2.46. The summed E-state index contributed by atoms with van der Waals surface area (Å²) >= 11 is 0. The molecular weight excluding hydrogens is 256 g/mol. The molecule has 1 unspecified atom stereocenters. The summed E-state index contributed by atoms with van der Waals surface area (Å²) in [6, 6.07) is 7.58. The lowest BCUT2D eigenvalue weighted by atomic mass is 10.2. The minimum atomic E-state index is -0.0133. The van der Waals surface area contributed by atoms with Crippen LogP contribution < -0.4 is 15.4 Å². The van der Waals surface area contributed by atoms with Gasteiger partial charge in [0.25, 0.3) is 0 Å². The molecule has 0 bridgehead atoms. The van der Waals surface area contributed by atoms with Crippen LogP contribution in [0.4, 0.5) is 5.69 Å². The van der Waals surface area contributed by atoms with Crippen LogP contribution in [0.15, 0.2) is 24.3 Å². The monoisotopic (exact) mass is 278 g/mol. The first-order valence-electron chi connectivity index (χ1n) is 7.12. The van der Waals surface area contributed by atoms with Crippen molar-refractivity contribution < 1.29 is 14.3 Å². The number of anilines is 1. The highest BCUT2D eigenvalue weighted by atomic mass is 16.5. The molecule has 5 heteroatoms. The summed E-state index contributed by atoms with van der Waals surface area (Å²) < 4.78 is 10.9. The molecule has 2 N–H and O–H groups in total. The lowest BCUT2D eigenvalue weighted by Crippen LogP contribution is -2.43. The van der Waals surface area contributed by atoms with E-state index in [1.165, 1.54) is 0 Å². The Balaban J connectivity index is 1.83. The van der Waals surface area contributed by atoms with Crippen molar-refractivity contribution >= 4 is 11.6 Å². The number of morpholine rings is 1. The Bertz CT molecular complexity index is 431. The standard InChI is InChI=1S/C15H22N2O3/c1-2-7-20-14-5-3-4-12(9-14)17-15(18)10-13-11-19-8-6-16-13/h3-5,9,13,16H,2,6-8,10-11H2,1H3,(H,17,18). The van der Waals surface area contributed by atoms with Gasteiger partial charge in [0.15, 0.2) is 0 Å². The fraction of sp³-hybridized carbons (Fsp3) is 0.533. The number of benzene rings is 1. The zero-order valence-electron chi connectivity index (χ0n) is 11.9. The Morgan fingerprint density at radius 3 is 3.20 bits per heavy atom. The van der Waals surface area contributed by atoms with Gasteiger partial charge < -0.3 is 20.1 Å². The maximum absolute atomic E-state index is 12.0. The number of rotatable bonds is 6. The molecule has 1 aliphatic heterocycles.